The van der Waals surface area contributed by atoms with Crippen LogP contribution in [0.2, 0.25) is 46.1 Å². The minimum absolute atomic E-state index is 0.972. The molecule has 2 bridgehead atoms. The molecule has 0 atom stereocenters. The van der Waals surface area contributed by atoms with Crippen LogP contribution in [0.25, 0.3) is 0 Å². The molecule has 2 heterocycles. The second kappa shape index (κ2) is 5.90. The van der Waals surface area contributed by atoms with Gasteiger partial charge in [-0.2, -0.15) is 0 Å². The van der Waals surface area contributed by atoms with Gasteiger partial charge in [0.2, 0.25) is 0 Å². The van der Waals surface area contributed by atoms with Crippen molar-refractivity contribution in [1.82, 2.24) is 0 Å². The Bertz CT molecular complexity index is 313. The van der Waals surface area contributed by atoms with Gasteiger partial charge < -0.3 is 0 Å². The second-order valence-corrected chi connectivity index (χ2v) is 29.9. The standard InChI is InChI=1S/C13H24BSi.3CH3.Sn/c1-15(2,3)11-10-14-12-6-4-7-13(14)9-5-8-12;;;;/h10,12-13H,4-9H2,1-3H3;3*1H3;. The first-order chi connectivity index (χ1) is 8.69. The minimum atomic E-state index is -1.90. The molecule has 0 aliphatic carbocycles. The zero-order valence-electron chi connectivity index (χ0n) is 14.1. The summed E-state index contributed by atoms with van der Waals surface area (Å²) in [7, 11) is -1.10. The van der Waals surface area contributed by atoms with Crippen molar-refractivity contribution in [2.75, 3.05) is 0 Å². The molecule has 0 unspecified atom stereocenters. The number of hydrogen-bond donors (Lipinski definition) is 0. The van der Waals surface area contributed by atoms with Crippen molar-refractivity contribution in [3.63, 3.8) is 0 Å². The first-order valence-corrected chi connectivity index (χ1v) is 21.9. The maximum absolute atomic E-state index is 2.88. The normalized spacial score (nSPS) is 29.6. The van der Waals surface area contributed by atoms with E-state index in [1.54, 1.807) is 0 Å². The fourth-order valence-electron chi connectivity index (χ4n) is 4.82. The molecular formula is C16H33BSiSn. The molecule has 0 aromatic rings. The van der Waals surface area contributed by atoms with Crippen LogP contribution in [-0.2, 0) is 0 Å². The van der Waals surface area contributed by atoms with E-state index in [-0.39, 0.29) is 0 Å². The molecule has 0 radical (unpaired) electrons. The van der Waals surface area contributed by atoms with Crippen molar-refractivity contribution in [2.45, 2.75) is 84.6 Å². The van der Waals surface area contributed by atoms with Crippen molar-refractivity contribution < 1.29 is 0 Å². The SMILES string of the molecule is C[Si](C)(C)/[C](=C/B1C2CCCC1CCC2)[Sn]([CH3])([CH3])[CH3]. The summed E-state index contributed by atoms with van der Waals surface area (Å²) in [4.78, 5) is 7.91. The van der Waals surface area contributed by atoms with E-state index in [9.17, 15) is 0 Å². The number of fused-ring (bicyclic) bond motifs is 2. The third-order valence-corrected chi connectivity index (χ3v) is 23.7. The molecule has 0 N–H and O–H groups in total. The van der Waals surface area contributed by atoms with E-state index in [4.69, 9.17) is 0 Å². The van der Waals surface area contributed by atoms with Gasteiger partial charge in [-0.3, -0.25) is 0 Å². The summed E-state index contributed by atoms with van der Waals surface area (Å²) in [6.07, 6.45) is 9.13. The molecule has 0 spiro atoms. The molecule has 2 rings (SSSR count). The third-order valence-electron chi connectivity index (χ3n) is 5.36. The average Bonchev–Trinajstić information content (AvgIpc) is 2.21. The van der Waals surface area contributed by atoms with Crippen LogP contribution in [0.4, 0.5) is 0 Å². The van der Waals surface area contributed by atoms with Crippen molar-refractivity contribution in [2.24, 2.45) is 0 Å². The Hall–Kier alpha value is 0.821. The molecule has 0 aromatic heterocycles. The molecule has 3 heteroatoms. The Labute approximate surface area is 126 Å². The van der Waals surface area contributed by atoms with Crippen molar-refractivity contribution in [3.05, 3.63) is 9.19 Å². The molecule has 0 saturated carbocycles. The van der Waals surface area contributed by atoms with Gasteiger partial charge in [-0.05, 0) is 0 Å². The van der Waals surface area contributed by atoms with Crippen LogP contribution in [0, 0.1) is 0 Å². The van der Waals surface area contributed by atoms with Crippen molar-refractivity contribution in [3.8, 4) is 0 Å². The van der Waals surface area contributed by atoms with E-state index in [0.717, 1.165) is 18.3 Å². The van der Waals surface area contributed by atoms with E-state index in [1.165, 1.54) is 38.5 Å². The van der Waals surface area contributed by atoms with Gasteiger partial charge in [-0.15, -0.1) is 0 Å². The predicted molar refractivity (Wildman–Crippen MR) is 95.7 cm³/mol. The van der Waals surface area contributed by atoms with Gasteiger partial charge in [0.15, 0.2) is 0 Å². The predicted octanol–water partition coefficient (Wildman–Crippen LogP) is 5.81. The Kier molecular flexibility index (Phi) is 5.03. The van der Waals surface area contributed by atoms with Gasteiger partial charge in [0.25, 0.3) is 0 Å². The van der Waals surface area contributed by atoms with E-state index in [0.29, 0.717) is 0 Å². The molecule has 0 aromatic carbocycles. The summed E-state index contributed by atoms with van der Waals surface area (Å²) < 4.78 is 2.03. The first-order valence-electron chi connectivity index (χ1n) is 8.42. The Balaban J connectivity index is 2.30. The average molecular weight is 383 g/mol. The Morgan fingerprint density at radius 3 is 1.68 bits per heavy atom. The van der Waals surface area contributed by atoms with Gasteiger partial charge in [0.1, 0.15) is 0 Å². The van der Waals surface area contributed by atoms with E-state index in [2.05, 4.69) is 40.4 Å². The summed E-state index contributed by atoms with van der Waals surface area (Å²) in [5.41, 5.74) is 0. The quantitative estimate of drug-likeness (QED) is 0.540. The number of hydrogen-bond acceptors (Lipinski definition) is 0. The van der Waals surface area contributed by atoms with Crippen molar-refractivity contribution in [1.29, 1.82) is 0 Å². The van der Waals surface area contributed by atoms with Crippen LogP contribution in [0.1, 0.15) is 38.5 Å². The van der Waals surface area contributed by atoms with Gasteiger partial charge >= 0.3 is 127 Å². The monoisotopic (exact) mass is 384 g/mol. The Morgan fingerprint density at radius 1 is 0.947 bits per heavy atom. The fourth-order valence-corrected chi connectivity index (χ4v) is 29.0. The van der Waals surface area contributed by atoms with E-state index in [1.807, 2.05) is 3.21 Å². The van der Waals surface area contributed by atoms with Gasteiger partial charge in [-0.1, -0.05) is 0 Å². The van der Waals surface area contributed by atoms with Crippen LogP contribution < -0.4 is 0 Å². The van der Waals surface area contributed by atoms with Crippen molar-refractivity contribution >= 4 is 33.2 Å². The molecule has 0 amide bonds. The molecule has 2 aliphatic heterocycles. The van der Waals surface area contributed by atoms with Crippen LogP contribution in [0.5, 0.6) is 0 Å². The summed E-state index contributed by atoms with van der Waals surface area (Å²) >= 11 is -1.90. The zero-order valence-corrected chi connectivity index (χ0v) is 17.9. The topological polar surface area (TPSA) is 0 Å². The summed E-state index contributed by atoms with van der Waals surface area (Å²) in [6.45, 7) is 8.72. The molecular weight excluding hydrogens is 350 g/mol. The van der Waals surface area contributed by atoms with Crippen LogP contribution >= 0.6 is 0 Å². The zero-order chi connectivity index (χ0) is 14.3. The summed E-state index contributed by atoms with van der Waals surface area (Å²) in [6, 6.07) is 0. The molecule has 2 aliphatic rings. The first kappa shape index (κ1) is 16.2. The third kappa shape index (κ3) is 3.93. The fraction of sp³-hybridized carbons (Fsp3) is 0.875. The maximum atomic E-state index is 2.88. The van der Waals surface area contributed by atoms with Gasteiger partial charge in [-0.25, -0.2) is 0 Å². The Morgan fingerprint density at radius 2 is 1.37 bits per heavy atom. The second-order valence-electron chi connectivity index (χ2n) is 9.04. The van der Waals surface area contributed by atoms with E-state index < -0.39 is 26.5 Å². The molecule has 108 valence electrons. The summed E-state index contributed by atoms with van der Waals surface area (Å²) in [5, 5.41) is 0. The van der Waals surface area contributed by atoms with Crippen LogP contribution in [-0.4, -0.2) is 33.2 Å². The van der Waals surface area contributed by atoms with Crippen LogP contribution in [0.15, 0.2) is 9.19 Å². The number of rotatable bonds is 3. The molecule has 2 saturated heterocycles. The summed E-state index contributed by atoms with van der Waals surface area (Å²) in [5.74, 6) is 4.98. The van der Waals surface area contributed by atoms with Crippen LogP contribution in [0.3, 0.4) is 0 Å². The molecule has 2 fully saturated rings. The molecule has 0 nitrogen and oxygen atoms in total. The van der Waals surface area contributed by atoms with Gasteiger partial charge in [0.05, 0.1) is 0 Å². The van der Waals surface area contributed by atoms with E-state index >= 15 is 0 Å². The molecule has 19 heavy (non-hydrogen) atoms. The van der Waals surface area contributed by atoms with Gasteiger partial charge in [0, 0.05) is 0 Å².